The van der Waals surface area contributed by atoms with Crippen LogP contribution in [0, 0.1) is 0 Å². The summed E-state index contributed by atoms with van der Waals surface area (Å²) in [6.45, 7) is 2.53. The molecule has 0 aliphatic rings. The summed E-state index contributed by atoms with van der Waals surface area (Å²) in [5, 5.41) is 7.48. The molecule has 6 heteroatoms. The van der Waals surface area contributed by atoms with Crippen LogP contribution in [-0.2, 0) is 6.54 Å². The first kappa shape index (κ1) is 20.1. The van der Waals surface area contributed by atoms with E-state index in [-0.39, 0.29) is 0 Å². The molecule has 0 spiro atoms. The van der Waals surface area contributed by atoms with E-state index in [0.717, 1.165) is 47.2 Å². The van der Waals surface area contributed by atoms with Gasteiger partial charge in [0.05, 0.1) is 5.69 Å². The van der Waals surface area contributed by atoms with Crippen LogP contribution in [0.15, 0.2) is 60.7 Å². The van der Waals surface area contributed by atoms with Crippen LogP contribution in [-0.4, -0.2) is 42.1 Å². The maximum absolute atomic E-state index is 5.96. The minimum atomic E-state index is 0.603. The topological polar surface area (TPSA) is 53.1 Å². The van der Waals surface area contributed by atoms with Crippen LogP contribution in [0.2, 0.25) is 5.02 Å². The molecule has 0 radical (unpaired) electrons. The Bertz CT molecular complexity index is 866. The average molecular weight is 396 g/mol. The predicted octanol–water partition coefficient (Wildman–Crippen LogP) is 4.77. The number of halogens is 1. The van der Waals surface area contributed by atoms with Gasteiger partial charge < -0.3 is 15.5 Å². The lowest BCUT2D eigenvalue weighted by Gasteiger charge is -2.13. The van der Waals surface area contributed by atoms with E-state index < -0.39 is 0 Å². The molecule has 0 fully saturated rings. The molecule has 0 saturated carbocycles. The third-order valence-electron chi connectivity index (χ3n) is 4.25. The van der Waals surface area contributed by atoms with E-state index in [2.05, 4.69) is 46.7 Å². The van der Waals surface area contributed by atoms with Gasteiger partial charge in [-0.25, -0.2) is 4.98 Å². The lowest BCUT2D eigenvalue weighted by molar-refractivity contribution is 0.405. The third kappa shape index (κ3) is 6.22. The summed E-state index contributed by atoms with van der Waals surface area (Å²) in [5.41, 5.74) is 3.08. The Labute approximate surface area is 171 Å². The van der Waals surface area contributed by atoms with Gasteiger partial charge in [0.1, 0.15) is 5.82 Å². The normalized spacial score (nSPS) is 10.9. The van der Waals surface area contributed by atoms with Gasteiger partial charge in [0.2, 0.25) is 5.95 Å². The first-order valence-electron chi connectivity index (χ1n) is 9.41. The number of hydrogen-bond acceptors (Lipinski definition) is 5. The minimum Gasteiger partial charge on any atom is -0.370 e. The van der Waals surface area contributed by atoms with Gasteiger partial charge in [-0.05, 0) is 44.8 Å². The molecule has 0 aliphatic carbocycles. The maximum atomic E-state index is 5.96. The zero-order valence-corrected chi connectivity index (χ0v) is 17.1. The highest BCUT2D eigenvalue weighted by atomic mass is 35.5. The third-order valence-corrected chi connectivity index (χ3v) is 4.50. The number of anilines is 2. The standard InChI is InChI=1S/C22H26ClN5/c1-28(2)14-6-13-24-21-15-20(18-7-4-3-5-8-18)26-22(27-21)25-16-17-9-11-19(23)12-10-17/h3-5,7-12,15H,6,13-14,16H2,1-2H3,(H2,24,25,26,27). The lowest BCUT2D eigenvalue weighted by atomic mass is 10.1. The molecule has 0 atom stereocenters. The summed E-state index contributed by atoms with van der Waals surface area (Å²) < 4.78 is 0. The van der Waals surface area contributed by atoms with Gasteiger partial charge in [0.15, 0.2) is 0 Å². The van der Waals surface area contributed by atoms with Crippen LogP contribution in [0.1, 0.15) is 12.0 Å². The Morgan fingerprint density at radius 2 is 1.68 bits per heavy atom. The molecule has 0 aliphatic heterocycles. The fourth-order valence-corrected chi connectivity index (χ4v) is 2.89. The van der Waals surface area contributed by atoms with Crippen LogP contribution >= 0.6 is 11.6 Å². The summed E-state index contributed by atoms with van der Waals surface area (Å²) in [7, 11) is 4.16. The number of nitrogens with one attached hydrogen (secondary N) is 2. The zero-order chi connectivity index (χ0) is 19.8. The van der Waals surface area contributed by atoms with Crippen molar-refractivity contribution in [2.75, 3.05) is 37.8 Å². The molecule has 0 amide bonds. The van der Waals surface area contributed by atoms with Gasteiger partial charge in [-0.15, -0.1) is 0 Å². The molecule has 2 aromatic carbocycles. The minimum absolute atomic E-state index is 0.603. The average Bonchev–Trinajstić information content (AvgIpc) is 2.71. The fourth-order valence-electron chi connectivity index (χ4n) is 2.77. The second-order valence-electron chi connectivity index (χ2n) is 6.89. The quantitative estimate of drug-likeness (QED) is 0.511. The van der Waals surface area contributed by atoms with E-state index in [1.807, 2.05) is 48.5 Å². The van der Waals surface area contributed by atoms with Crippen LogP contribution in [0.25, 0.3) is 11.3 Å². The van der Waals surface area contributed by atoms with Gasteiger partial charge in [-0.1, -0.05) is 54.1 Å². The van der Waals surface area contributed by atoms with E-state index in [0.29, 0.717) is 12.5 Å². The number of benzene rings is 2. The first-order valence-corrected chi connectivity index (χ1v) is 9.79. The summed E-state index contributed by atoms with van der Waals surface area (Å²) in [6, 6.07) is 19.9. The van der Waals surface area contributed by atoms with Gasteiger partial charge >= 0.3 is 0 Å². The Morgan fingerprint density at radius 1 is 0.929 bits per heavy atom. The van der Waals surface area contributed by atoms with Crippen molar-refractivity contribution in [1.29, 1.82) is 0 Å². The molecule has 146 valence electrons. The van der Waals surface area contributed by atoms with Gasteiger partial charge in [0, 0.05) is 29.7 Å². The van der Waals surface area contributed by atoms with E-state index in [9.17, 15) is 0 Å². The summed E-state index contributed by atoms with van der Waals surface area (Å²) in [6.07, 6.45) is 1.05. The number of nitrogens with zero attached hydrogens (tertiary/aromatic N) is 3. The number of aromatic nitrogens is 2. The van der Waals surface area contributed by atoms with E-state index in [1.54, 1.807) is 0 Å². The largest absolute Gasteiger partial charge is 0.370 e. The number of hydrogen-bond donors (Lipinski definition) is 2. The van der Waals surface area contributed by atoms with Gasteiger partial charge in [-0.3, -0.25) is 0 Å². The molecule has 28 heavy (non-hydrogen) atoms. The van der Waals surface area contributed by atoms with Crippen molar-refractivity contribution >= 4 is 23.4 Å². The van der Waals surface area contributed by atoms with Crippen LogP contribution < -0.4 is 10.6 Å². The Balaban J connectivity index is 1.75. The summed E-state index contributed by atoms with van der Waals surface area (Å²) >= 11 is 5.96. The maximum Gasteiger partial charge on any atom is 0.225 e. The SMILES string of the molecule is CN(C)CCCNc1cc(-c2ccccc2)nc(NCc2ccc(Cl)cc2)n1. The van der Waals surface area contributed by atoms with Crippen LogP contribution in [0.3, 0.4) is 0 Å². The van der Waals surface area contributed by atoms with E-state index in [1.165, 1.54) is 0 Å². The van der Waals surface area contributed by atoms with Gasteiger partial charge in [-0.2, -0.15) is 4.98 Å². The molecule has 5 nitrogen and oxygen atoms in total. The predicted molar refractivity (Wildman–Crippen MR) is 118 cm³/mol. The smallest absolute Gasteiger partial charge is 0.225 e. The van der Waals surface area contributed by atoms with Crippen molar-refractivity contribution < 1.29 is 0 Å². The monoisotopic (exact) mass is 395 g/mol. The molecule has 0 unspecified atom stereocenters. The van der Waals surface area contributed by atoms with E-state index in [4.69, 9.17) is 16.6 Å². The fraction of sp³-hybridized carbons (Fsp3) is 0.273. The van der Waals surface area contributed by atoms with Crippen LogP contribution in [0.5, 0.6) is 0 Å². The molecule has 0 saturated heterocycles. The van der Waals surface area contributed by atoms with Crippen LogP contribution in [0.4, 0.5) is 11.8 Å². The molecular formula is C22H26ClN5. The van der Waals surface area contributed by atoms with Crippen molar-refractivity contribution in [3.63, 3.8) is 0 Å². The lowest BCUT2D eigenvalue weighted by Crippen LogP contribution is -2.17. The molecule has 3 aromatic rings. The molecule has 3 rings (SSSR count). The number of rotatable bonds is 9. The first-order chi connectivity index (χ1) is 13.6. The van der Waals surface area contributed by atoms with E-state index >= 15 is 0 Å². The highest BCUT2D eigenvalue weighted by molar-refractivity contribution is 6.30. The van der Waals surface area contributed by atoms with Crippen molar-refractivity contribution in [2.45, 2.75) is 13.0 Å². The summed E-state index contributed by atoms with van der Waals surface area (Å²) in [4.78, 5) is 11.5. The van der Waals surface area contributed by atoms with Gasteiger partial charge in [0.25, 0.3) is 0 Å². The van der Waals surface area contributed by atoms with Crippen molar-refractivity contribution in [3.05, 3.63) is 71.2 Å². The zero-order valence-electron chi connectivity index (χ0n) is 16.3. The second kappa shape index (κ2) is 10.1. The molecule has 1 heterocycles. The Kier molecular flexibility index (Phi) is 7.23. The highest BCUT2D eigenvalue weighted by Gasteiger charge is 2.07. The Morgan fingerprint density at radius 3 is 2.39 bits per heavy atom. The van der Waals surface area contributed by atoms with Crippen molar-refractivity contribution in [3.8, 4) is 11.3 Å². The molecule has 1 aromatic heterocycles. The van der Waals surface area contributed by atoms with Crippen molar-refractivity contribution in [2.24, 2.45) is 0 Å². The second-order valence-corrected chi connectivity index (χ2v) is 7.33. The molecule has 2 N–H and O–H groups in total. The summed E-state index contributed by atoms with van der Waals surface area (Å²) in [5.74, 6) is 1.43. The highest BCUT2D eigenvalue weighted by Crippen LogP contribution is 2.21. The Hall–Kier alpha value is -2.63. The molecule has 0 bridgehead atoms. The molecular weight excluding hydrogens is 370 g/mol. The van der Waals surface area contributed by atoms with Crippen molar-refractivity contribution in [1.82, 2.24) is 14.9 Å².